The van der Waals surface area contributed by atoms with Gasteiger partial charge in [-0.2, -0.15) is 5.10 Å². The van der Waals surface area contributed by atoms with Gasteiger partial charge in [0.2, 0.25) is 5.91 Å². The Labute approximate surface area is 95.2 Å². The largest absolute Gasteiger partial charge is 0.349 e. The predicted molar refractivity (Wildman–Crippen MR) is 60.7 cm³/mol. The molecule has 1 amide bonds. The number of hydrogen-bond acceptors (Lipinski definition) is 3. The number of hydrogen-bond donors (Lipinski definition) is 2. The molecule has 1 unspecified atom stereocenters. The second-order valence-electron chi connectivity index (χ2n) is 4.17. The Kier molecular flexibility index (Phi) is 3.56. The van der Waals surface area contributed by atoms with Crippen LogP contribution in [0.25, 0.3) is 0 Å². The minimum absolute atomic E-state index is 0.0121. The van der Waals surface area contributed by atoms with E-state index in [9.17, 15) is 4.79 Å². The van der Waals surface area contributed by atoms with Crippen LogP contribution in [0.5, 0.6) is 0 Å². The number of nitrogens with zero attached hydrogens (tertiary/aromatic N) is 2. The van der Waals surface area contributed by atoms with Gasteiger partial charge in [-0.1, -0.05) is 6.42 Å². The smallest absolute Gasteiger partial charge is 0.237 e. The molecule has 1 aromatic rings. The predicted octanol–water partition coefficient (Wildman–Crippen LogP) is 0.178. The van der Waals surface area contributed by atoms with Crippen LogP contribution >= 0.6 is 0 Å². The maximum Gasteiger partial charge on any atom is 0.237 e. The number of piperidine rings is 1. The van der Waals surface area contributed by atoms with Crippen LogP contribution in [0, 0.1) is 0 Å². The minimum Gasteiger partial charge on any atom is -0.349 e. The van der Waals surface area contributed by atoms with Crippen molar-refractivity contribution >= 4 is 5.91 Å². The van der Waals surface area contributed by atoms with Gasteiger partial charge in [0, 0.05) is 13.2 Å². The summed E-state index contributed by atoms with van der Waals surface area (Å²) in [4.78, 5) is 11.8. The zero-order chi connectivity index (χ0) is 11.4. The molecule has 1 saturated heterocycles. The van der Waals surface area contributed by atoms with E-state index in [0.717, 1.165) is 25.1 Å². The van der Waals surface area contributed by atoms with Gasteiger partial charge in [0.25, 0.3) is 0 Å². The Morgan fingerprint density at radius 1 is 1.69 bits per heavy atom. The van der Waals surface area contributed by atoms with E-state index in [1.807, 2.05) is 13.1 Å². The van der Waals surface area contributed by atoms with E-state index in [2.05, 4.69) is 15.7 Å². The van der Waals surface area contributed by atoms with Crippen molar-refractivity contribution in [2.24, 2.45) is 7.05 Å². The third-order valence-electron chi connectivity index (χ3n) is 2.99. The highest BCUT2D eigenvalue weighted by atomic mass is 16.2. The molecule has 1 fully saturated rings. The fraction of sp³-hybridized carbons (Fsp3) is 0.636. The first-order valence-corrected chi connectivity index (χ1v) is 5.75. The van der Waals surface area contributed by atoms with Gasteiger partial charge in [-0.05, 0) is 25.5 Å². The maximum absolute atomic E-state index is 11.8. The lowest BCUT2D eigenvalue weighted by molar-refractivity contribution is -0.123. The van der Waals surface area contributed by atoms with Gasteiger partial charge in [-0.15, -0.1) is 0 Å². The number of carbonyl (C=O) groups is 1. The Morgan fingerprint density at radius 3 is 3.19 bits per heavy atom. The molecule has 5 nitrogen and oxygen atoms in total. The van der Waals surface area contributed by atoms with Crippen LogP contribution in [0.4, 0.5) is 0 Å². The first-order valence-electron chi connectivity index (χ1n) is 5.75. The zero-order valence-corrected chi connectivity index (χ0v) is 9.57. The average Bonchev–Trinajstić information content (AvgIpc) is 2.73. The molecule has 0 radical (unpaired) electrons. The van der Waals surface area contributed by atoms with Gasteiger partial charge in [0.15, 0.2) is 0 Å². The number of carbonyl (C=O) groups excluding carboxylic acids is 1. The number of aromatic nitrogens is 2. The first-order chi connectivity index (χ1) is 7.77. The summed E-state index contributed by atoms with van der Waals surface area (Å²) >= 11 is 0. The third kappa shape index (κ3) is 2.61. The first kappa shape index (κ1) is 11.1. The highest BCUT2D eigenvalue weighted by molar-refractivity contribution is 5.81. The summed E-state index contributed by atoms with van der Waals surface area (Å²) in [5.41, 5.74) is 1.02. The minimum atomic E-state index is -0.0121. The molecule has 2 heterocycles. The van der Waals surface area contributed by atoms with Gasteiger partial charge >= 0.3 is 0 Å². The summed E-state index contributed by atoms with van der Waals surface area (Å²) in [6.07, 6.45) is 4.99. The Morgan fingerprint density at radius 2 is 2.56 bits per heavy atom. The van der Waals surface area contributed by atoms with Crippen LogP contribution in [-0.4, -0.2) is 28.3 Å². The Balaban J connectivity index is 1.81. The monoisotopic (exact) mass is 222 g/mol. The number of nitrogens with one attached hydrogen (secondary N) is 2. The molecule has 0 aliphatic carbocycles. The summed E-state index contributed by atoms with van der Waals surface area (Å²) in [7, 11) is 1.88. The molecule has 1 atom stereocenters. The molecular weight excluding hydrogens is 204 g/mol. The number of rotatable bonds is 3. The quantitative estimate of drug-likeness (QED) is 0.767. The molecular formula is C11H18N4O. The molecule has 1 aliphatic rings. The fourth-order valence-corrected chi connectivity index (χ4v) is 1.95. The van der Waals surface area contributed by atoms with E-state index in [4.69, 9.17) is 0 Å². The van der Waals surface area contributed by atoms with Gasteiger partial charge in [0.05, 0.1) is 18.3 Å². The second kappa shape index (κ2) is 5.12. The van der Waals surface area contributed by atoms with Crippen molar-refractivity contribution in [1.29, 1.82) is 0 Å². The second-order valence-corrected chi connectivity index (χ2v) is 4.17. The summed E-state index contributed by atoms with van der Waals surface area (Å²) < 4.78 is 1.77. The van der Waals surface area contributed by atoms with Crippen LogP contribution in [-0.2, 0) is 18.4 Å². The molecule has 1 aromatic heterocycles. The van der Waals surface area contributed by atoms with Gasteiger partial charge in [-0.25, -0.2) is 0 Å². The standard InChI is InChI=1S/C11H18N4O/c1-15-9(5-7-14-15)8-13-11(16)10-4-2-3-6-12-10/h5,7,10,12H,2-4,6,8H2,1H3,(H,13,16). The highest BCUT2D eigenvalue weighted by Gasteiger charge is 2.19. The highest BCUT2D eigenvalue weighted by Crippen LogP contribution is 2.07. The molecule has 1 aliphatic heterocycles. The fourth-order valence-electron chi connectivity index (χ4n) is 1.95. The van der Waals surface area contributed by atoms with E-state index < -0.39 is 0 Å². The summed E-state index contributed by atoms with van der Waals surface area (Å²) in [6.45, 7) is 1.50. The van der Waals surface area contributed by atoms with Gasteiger partial charge in [-0.3, -0.25) is 9.48 Å². The number of aryl methyl sites for hydroxylation is 1. The topological polar surface area (TPSA) is 59.0 Å². The molecule has 88 valence electrons. The Bertz CT molecular complexity index is 355. The van der Waals surface area contributed by atoms with E-state index in [0.29, 0.717) is 6.54 Å². The lowest BCUT2D eigenvalue weighted by atomic mass is 10.0. The van der Waals surface area contributed by atoms with Crippen molar-refractivity contribution < 1.29 is 4.79 Å². The van der Waals surface area contributed by atoms with Crippen molar-refractivity contribution in [3.63, 3.8) is 0 Å². The van der Waals surface area contributed by atoms with Crippen molar-refractivity contribution in [1.82, 2.24) is 20.4 Å². The van der Waals surface area contributed by atoms with Crippen molar-refractivity contribution in [3.8, 4) is 0 Å². The van der Waals surface area contributed by atoms with Crippen LogP contribution < -0.4 is 10.6 Å². The number of amides is 1. The maximum atomic E-state index is 11.8. The van der Waals surface area contributed by atoms with Crippen molar-refractivity contribution in [3.05, 3.63) is 18.0 Å². The van der Waals surface area contributed by atoms with E-state index >= 15 is 0 Å². The van der Waals surface area contributed by atoms with Gasteiger partial charge < -0.3 is 10.6 Å². The molecule has 0 saturated carbocycles. The van der Waals surface area contributed by atoms with Crippen molar-refractivity contribution in [2.45, 2.75) is 31.8 Å². The van der Waals surface area contributed by atoms with Crippen LogP contribution in [0.1, 0.15) is 25.0 Å². The molecule has 0 aromatic carbocycles. The Hall–Kier alpha value is -1.36. The summed E-state index contributed by atoms with van der Waals surface area (Å²) in [5, 5.41) is 10.2. The van der Waals surface area contributed by atoms with Crippen LogP contribution in [0.2, 0.25) is 0 Å². The van der Waals surface area contributed by atoms with E-state index in [1.54, 1.807) is 10.9 Å². The average molecular weight is 222 g/mol. The molecule has 2 rings (SSSR count). The molecule has 16 heavy (non-hydrogen) atoms. The third-order valence-corrected chi connectivity index (χ3v) is 2.99. The molecule has 0 bridgehead atoms. The lowest BCUT2D eigenvalue weighted by Gasteiger charge is -2.22. The van der Waals surface area contributed by atoms with Gasteiger partial charge in [0.1, 0.15) is 0 Å². The van der Waals surface area contributed by atoms with E-state index in [1.165, 1.54) is 6.42 Å². The molecule has 0 spiro atoms. The normalized spacial score (nSPS) is 20.7. The molecule has 2 N–H and O–H groups in total. The SMILES string of the molecule is Cn1nccc1CNC(=O)C1CCCCN1. The summed E-state index contributed by atoms with van der Waals surface area (Å²) in [5.74, 6) is 0.0981. The summed E-state index contributed by atoms with van der Waals surface area (Å²) in [6, 6.07) is 1.90. The van der Waals surface area contributed by atoms with Crippen LogP contribution in [0.3, 0.4) is 0 Å². The van der Waals surface area contributed by atoms with Crippen LogP contribution in [0.15, 0.2) is 12.3 Å². The van der Waals surface area contributed by atoms with Crippen molar-refractivity contribution in [2.75, 3.05) is 6.54 Å². The van der Waals surface area contributed by atoms with E-state index in [-0.39, 0.29) is 11.9 Å². The molecule has 5 heteroatoms. The zero-order valence-electron chi connectivity index (χ0n) is 9.57. The lowest BCUT2D eigenvalue weighted by Crippen LogP contribution is -2.46.